The Labute approximate surface area is 146 Å². The van der Waals surface area contributed by atoms with Gasteiger partial charge < -0.3 is 14.9 Å². The summed E-state index contributed by atoms with van der Waals surface area (Å²) in [7, 11) is 0. The third kappa shape index (κ3) is 3.71. The van der Waals surface area contributed by atoms with E-state index in [1.54, 1.807) is 6.92 Å². The summed E-state index contributed by atoms with van der Waals surface area (Å²) >= 11 is 12.1. The molecule has 0 bridgehead atoms. The second kappa shape index (κ2) is 6.95. The molecule has 1 aromatic heterocycles. The summed E-state index contributed by atoms with van der Waals surface area (Å²) in [5, 5.41) is 10.8. The molecule has 23 heavy (non-hydrogen) atoms. The van der Waals surface area contributed by atoms with Crippen LogP contribution in [0.5, 0.6) is 0 Å². The van der Waals surface area contributed by atoms with Gasteiger partial charge in [0, 0.05) is 31.9 Å². The first-order chi connectivity index (χ1) is 11.0. The monoisotopic (exact) mass is 351 g/mol. The van der Waals surface area contributed by atoms with Crippen LogP contribution in [0.2, 0.25) is 10.0 Å². The second-order valence-electron chi connectivity index (χ2n) is 5.67. The van der Waals surface area contributed by atoms with Crippen LogP contribution in [0.25, 0.3) is 0 Å². The minimum absolute atomic E-state index is 0.549. The van der Waals surface area contributed by atoms with Crippen molar-refractivity contribution in [1.82, 2.24) is 4.98 Å². The van der Waals surface area contributed by atoms with Gasteiger partial charge >= 0.3 is 0 Å². The summed E-state index contributed by atoms with van der Waals surface area (Å²) in [6, 6.07) is 11.5. The van der Waals surface area contributed by atoms with E-state index in [0.29, 0.717) is 15.7 Å². The quantitative estimate of drug-likeness (QED) is 0.913. The molecule has 1 saturated heterocycles. The summed E-state index contributed by atoms with van der Waals surface area (Å²) in [6.45, 7) is 5.25. The Morgan fingerprint density at radius 3 is 2.35 bits per heavy atom. The van der Waals surface area contributed by atoms with E-state index in [9.17, 15) is 5.11 Å². The third-order valence-corrected chi connectivity index (χ3v) is 4.79. The number of aromatic nitrogens is 1. The van der Waals surface area contributed by atoms with E-state index < -0.39 is 6.10 Å². The smallest absolute Gasteiger partial charge is 0.129 e. The molecule has 0 saturated carbocycles. The van der Waals surface area contributed by atoms with Crippen LogP contribution in [0, 0.1) is 0 Å². The van der Waals surface area contributed by atoms with Crippen molar-refractivity contribution in [3.05, 3.63) is 52.1 Å². The molecule has 1 N–H and O–H groups in total. The molecule has 3 rings (SSSR count). The predicted molar refractivity (Wildman–Crippen MR) is 95.8 cm³/mol. The topological polar surface area (TPSA) is 39.6 Å². The van der Waals surface area contributed by atoms with Gasteiger partial charge in [-0.3, -0.25) is 0 Å². The minimum Gasteiger partial charge on any atom is -0.387 e. The average Bonchev–Trinajstić information content (AvgIpc) is 2.57. The van der Waals surface area contributed by atoms with Crippen molar-refractivity contribution < 1.29 is 5.11 Å². The maximum absolute atomic E-state index is 9.67. The Hall–Kier alpha value is -1.49. The predicted octanol–water partition coefficient (Wildman–Crippen LogP) is 3.77. The van der Waals surface area contributed by atoms with Crippen LogP contribution < -0.4 is 9.80 Å². The Morgan fingerprint density at radius 1 is 1.00 bits per heavy atom. The lowest BCUT2D eigenvalue weighted by Gasteiger charge is -2.37. The average molecular weight is 352 g/mol. The fraction of sp³-hybridized carbons (Fsp3) is 0.353. The zero-order chi connectivity index (χ0) is 16.4. The number of aliphatic hydroxyl groups is 1. The number of hydrogen-bond acceptors (Lipinski definition) is 4. The molecule has 122 valence electrons. The highest BCUT2D eigenvalue weighted by Gasteiger charge is 2.19. The van der Waals surface area contributed by atoms with Crippen LogP contribution in [0.3, 0.4) is 0 Å². The molecular formula is C17H19Cl2N3O. The molecule has 6 heteroatoms. The zero-order valence-electron chi connectivity index (χ0n) is 12.9. The SMILES string of the molecule is C[C@@H](O)c1cccc(N2CCN(c3ccc(Cl)c(Cl)c3)CC2)n1. The van der Waals surface area contributed by atoms with E-state index in [0.717, 1.165) is 37.7 Å². The van der Waals surface area contributed by atoms with Crippen molar-refractivity contribution in [2.75, 3.05) is 36.0 Å². The van der Waals surface area contributed by atoms with E-state index in [-0.39, 0.29) is 0 Å². The summed E-state index contributed by atoms with van der Waals surface area (Å²) in [4.78, 5) is 9.06. The summed E-state index contributed by atoms with van der Waals surface area (Å²) < 4.78 is 0. The van der Waals surface area contributed by atoms with Crippen molar-refractivity contribution in [3.8, 4) is 0 Å². The van der Waals surface area contributed by atoms with Gasteiger partial charge in [-0.2, -0.15) is 0 Å². The standard InChI is InChI=1S/C17H19Cl2N3O/c1-12(23)16-3-2-4-17(20-16)22-9-7-21(8-10-22)13-5-6-14(18)15(19)11-13/h2-6,11-12,23H,7-10H2,1H3/t12-/m1/s1. The van der Waals surface area contributed by atoms with Crippen molar-refractivity contribution in [1.29, 1.82) is 0 Å². The van der Waals surface area contributed by atoms with E-state index in [1.165, 1.54) is 0 Å². The molecule has 0 spiro atoms. The van der Waals surface area contributed by atoms with Gasteiger partial charge in [-0.05, 0) is 37.3 Å². The van der Waals surface area contributed by atoms with Crippen molar-refractivity contribution in [3.63, 3.8) is 0 Å². The number of halogens is 2. The highest BCUT2D eigenvalue weighted by atomic mass is 35.5. The van der Waals surface area contributed by atoms with Gasteiger partial charge in [-0.1, -0.05) is 29.3 Å². The van der Waals surface area contributed by atoms with Crippen LogP contribution in [0.4, 0.5) is 11.5 Å². The lowest BCUT2D eigenvalue weighted by atomic mass is 10.2. The van der Waals surface area contributed by atoms with Crippen molar-refractivity contribution >= 4 is 34.7 Å². The first kappa shape index (κ1) is 16.4. The fourth-order valence-corrected chi connectivity index (χ4v) is 3.02. The molecule has 1 aliphatic heterocycles. The molecule has 0 amide bonds. The third-order valence-electron chi connectivity index (χ3n) is 4.06. The normalized spacial score (nSPS) is 16.5. The van der Waals surface area contributed by atoms with Gasteiger partial charge in [0.2, 0.25) is 0 Å². The fourth-order valence-electron chi connectivity index (χ4n) is 2.72. The number of aliphatic hydroxyl groups excluding tert-OH is 1. The summed E-state index contributed by atoms with van der Waals surface area (Å²) in [5.74, 6) is 0.914. The van der Waals surface area contributed by atoms with Crippen LogP contribution in [-0.4, -0.2) is 36.3 Å². The summed E-state index contributed by atoms with van der Waals surface area (Å²) in [5.41, 5.74) is 1.79. The van der Waals surface area contributed by atoms with E-state index in [1.807, 2.05) is 36.4 Å². The van der Waals surface area contributed by atoms with Gasteiger partial charge in [0.15, 0.2) is 0 Å². The van der Waals surface area contributed by atoms with Gasteiger partial charge in [-0.25, -0.2) is 4.98 Å². The molecule has 4 nitrogen and oxygen atoms in total. The molecule has 1 fully saturated rings. The minimum atomic E-state index is -0.549. The van der Waals surface area contributed by atoms with Gasteiger partial charge in [0.05, 0.1) is 21.8 Å². The van der Waals surface area contributed by atoms with E-state index in [4.69, 9.17) is 23.2 Å². The van der Waals surface area contributed by atoms with Gasteiger partial charge in [-0.15, -0.1) is 0 Å². The molecule has 1 aliphatic rings. The highest BCUT2D eigenvalue weighted by Crippen LogP contribution is 2.28. The number of piperazine rings is 1. The van der Waals surface area contributed by atoms with Crippen LogP contribution >= 0.6 is 23.2 Å². The number of benzene rings is 1. The number of hydrogen-bond donors (Lipinski definition) is 1. The second-order valence-corrected chi connectivity index (χ2v) is 6.48. The lowest BCUT2D eigenvalue weighted by molar-refractivity contribution is 0.194. The Kier molecular flexibility index (Phi) is 4.95. The molecule has 0 radical (unpaired) electrons. The molecule has 0 aliphatic carbocycles. The van der Waals surface area contributed by atoms with Crippen molar-refractivity contribution in [2.24, 2.45) is 0 Å². The maximum atomic E-state index is 9.67. The lowest BCUT2D eigenvalue weighted by Crippen LogP contribution is -2.46. The number of nitrogens with zero attached hydrogens (tertiary/aromatic N) is 3. The number of rotatable bonds is 3. The highest BCUT2D eigenvalue weighted by molar-refractivity contribution is 6.42. The molecule has 2 heterocycles. The summed E-state index contributed by atoms with van der Waals surface area (Å²) in [6.07, 6.45) is -0.549. The Morgan fingerprint density at radius 2 is 1.70 bits per heavy atom. The van der Waals surface area contributed by atoms with E-state index in [2.05, 4.69) is 14.8 Å². The molecule has 1 aromatic carbocycles. The van der Waals surface area contributed by atoms with E-state index >= 15 is 0 Å². The molecular weight excluding hydrogens is 333 g/mol. The zero-order valence-corrected chi connectivity index (χ0v) is 14.4. The van der Waals surface area contributed by atoms with Gasteiger partial charge in [0.1, 0.15) is 5.82 Å². The first-order valence-corrected chi connectivity index (χ1v) is 8.40. The van der Waals surface area contributed by atoms with Crippen LogP contribution in [0.1, 0.15) is 18.7 Å². The Bertz CT molecular complexity index is 685. The number of anilines is 2. The molecule has 1 atom stereocenters. The molecule has 2 aromatic rings. The van der Waals surface area contributed by atoms with Crippen LogP contribution in [-0.2, 0) is 0 Å². The van der Waals surface area contributed by atoms with Gasteiger partial charge in [0.25, 0.3) is 0 Å². The number of pyridine rings is 1. The Balaban J connectivity index is 1.68. The van der Waals surface area contributed by atoms with Crippen molar-refractivity contribution in [2.45, 2.75) is 13.0 Å². The largest absolute Gasteiger partial charge is 0.387 e. The maximum Gasteiger partial charge on any atom is 0.129 e. The molecule has 0 unspecified atom stereocenters. The first-order valence-electron chi connectivity index (χ1n) is 7.64. The van der Waals surface area contributed by atoms with Crippen LogP contribution in [0.15, 0.2) is 36.4 Å².